The minimum absolute atomic E-state index is 0.00901. The fraction of sp³-hybridized carbons (Fsp3) is 0.490. The molecule has 1 aliphatic rings. The molecule has 0 spiro atoms. The lowest BCUT2D eigenvalue weighted by atomic mass is 9.93. The number of guanidine groups is 1. The van der Waals surface area contributed by atoms with Crippen molar-refractivity contribution in [2.24, 2.45) is 16.6 Å². The molecule has 0 unspecified atom stereocenters. The van der Waals surface area contributed by atoms with Gasteiger partial charge in [0, 0.05) is 31.3 Å². The standard InChI is InChI=1S/C51H71N9O8/c1-33(46(65)42(63)32-61)41(62)31-60(30-10-14-34-11-4-3-5-12-34)29-9-7-15-40(50(67)68-2)56-43(64)27-20-36-18-23-38(24-19-36)37-21-16-35(17-22-37)13-6-8-28-55-51(54)59-49(66)45-48(53)58-47(52)44(57-45)39-25-26-39/h3-5,11-12,16-19,21-24,33,39-42,46,61-63,65H,6-10,13-15,20,25-32H2,1-2H3,(H,56,64)(H4,52,53,58)(H3,54,55,59,66)/t33-,40+,41+,42-,46+/m1/s1. The molecule has 5 rings (SSSR count). The van der Waals surface area contributed by atoms with E-state index >= 15 is 0 Å². The number of anilines is 2. The molecular weight excluding hydrogens is 867 g/mol. The number of aromatic nitrogens is 2. The Balaban J connectivity index is 1.01. The molecular formula is C51H71N9O8. The van der Waals surface area contributed by atoms with E-state index in [1.54, 1.807) is 6.92 Å². The molecule has 2 amide bonds. The van der Waals surface area contributed by atoms with Gasteiger partial charge in [-0.3, -0.25) is 19.9 Å². The average Bonchev–Trinajstić information content (AvgIpc) is 4.19. The number of hydrogen-bond acceptors (Lipinski definition) is 14. The van der Waals surface area contributed by atoms with Crippen LogP contribution in [0.1, 0.15) is 104 Å². The number of methoxy groups -OCH3 is 1. The van der Waals surface area contributed by atoms with Crippen LogP contribution in [-0.2, 0) is 33.6 Å². The highest BCUT2D eigenvalue weighted by Gasteiger charge is 2.31. The number of unbranched alkanes of at least 4 members (excludes halogenated alkanes) is 2. The zero-order valence-electron chi connectivity index (χ0n) is 39.4. The van der Waals surface area contributed by atoms with Crippen molar-refractivity contribution in [1.29, 1.82) is 0 Å². The van der Waals surface area contributed by atoms with E-state index in [4.69, 9.17) is 21.9 Å². The summed E-state index contributed by atoms with van der Waals surface area (Å²) in [7, 11) is 1.30. The summed E-state index contributed by atoms with van der Waals surface area (Å²) in [6, 6.07) is 25.8. The number of hydrogen-bond donors (Lipinski definition) is 9. The van der Waals surface area contributed by atoms with Crippen molar-refractivity contribution in [2.75, 3.05) is 51.4 Å². The molecule has 3 aromatic carbocycles. The molecule has 0 aliphatic heterocycles. The zero-order valence-corrected chi connectivity index (χ0v) is 39.4. The second kappa shape index (κ2) is 27.1. The SMILES string of the molecule is COC(=O)[C@H](CCCCN(CCCc1ccccc1)C[C@H](O)[C@@H](C)[C@H](O)[C@H](O)CO)NC(=O)CCc1ccc(-c2ccc(CCCCN=C(N)NC(=O)c3nc(C4CC4)c(N)nc3N)cc2)cc1. The lowest BCUT2D eigenvalue weighted by Gasteiger charge is -2.31. The number of carbonyl (C=O) groups is 3. The van der Waals surface area contributed by atoms with Crippen molar-refractivity contribution in [1.82, 2.24) is 25.5 Å². The molecule has 5 atom stereocenters. The van der Waals surface area contributed by atoms with Crippen LogP contribution in [0.2, 0.25) is 0 Å². The van der Waals surface area contributed by atoms with Crippen LogP contribution in [0, 0.1) is 5.92 Å². The van der Waals surface area contributed by atoms with E-state index in [2.05, 4.69) is 66.9 Å². The molecule has 17 heteroatoms. The smallest absolute Gasteiger partial charge is 0.328 e. The number of ether oxygens (including phenoxy) is 1. The van der Waals surface area contributed by atoms with Crippen LogP contribution in [0.25, 0.3) is 11.1 Å². The van der Waals surface area contributed by atoms with E-state index in [1.165, 1.54) is 18.2 Å². The molecule has 1 saturated carbocycles. The Kier molecular flexibility index (Phi) is 21.1. The number of carbonyl (C=O) groups excluding carboxylic acids is 3. The number of esters is 1. The van der Waals surface area contributed by atoms with Crippen molar-refractivity contribution < 1.29 is 39.5 Å². The predicted molar refractivity (Wildman–Crippen MR) is 263 cm³/mol. The summed E-state index contributed by atoms with van der Waals surface area (Å²) in [4.78, 5) is 53.3. The van der Waals surface area contributed by atoms with Crippen LogP contribution in [0.15, 0.2) is 83.9 Å². The Bertz CT molecular complexity index is 2230. The first-order chi connectivity index (χ1) is 32.8. The van der Waals surface area contributed by atoms with Gasteiger partial charge in [-0.05, 0) is 112 Å². The normalized spacial score (nSPS) is 15.0. The Morgan fingerprint density at radius 1 is 0.794 bits per heavy atom. The second-order valence-electron chi connectivity index (χ2n) is 17.8. The number of nitrogens with zero attached hydrogens (tertiary/aromatic N) is 4. The number of aliphatic hydroxyl groups excluding tert-OH is 4. The number of nitrogen functional groups attached to an aromatic ring is 2. The van der Waals surface area contributed by atoms with Crippen LogP contribution in [0.4, 0.5) is 11.6 Å². The molecule has 1 aromatic heterocycles. The first kappa shape index (κ1) is 53.0. The van der Waals surface area contributed by atoms with Gasteiger partial charge in [0.15, 0.2) is 17.5 Å². The molecule has 1 heterocycles. The van der Waals surface area contributed by atoms with Gasteiger partial charge in [0.2, 0.25) is 5.91 Å². The minimum Gasteiger partial charge on any atom is -0.467 e. The number of benzene rings is 3. The van der Waals surface area contributed by atoms with Crippen LogP contribution in [-0.4, -0.2) is 123 Å². The van der Waals surface area contributed by atoms with Gasteiger partial charge in [-0.15, -0.1) is 0 Å². The van der Waals surface area contributed by atoms with E-state index in [-0.39, 0.29) is 48.1 Å². The maximum absolute atomic E-state index is 13.1. The van der Waals surface area contributed by atoms with Gasteiger partial charge in [-0.1, -0.05) is 85.8 Å². The molecule has 12 N–H and O–H groups in total. The highest BCUT2D eigenvalue weighted by molar-refractivity contribution is 6.06. The van der Waals surface area contributed by atoms with E-state index in [1.807, 2.05) is 42.5 Å². The summed E-state index contributed by atoms with van der Waals surface area (Å²) in [6.45, 7) is 3.05. The van der Waals surface area contributed by atoms with Crippen molar-refractivity contribution >= 4 is 35.4 Å². The molecule has 4 aromatic rings. The van der Waals surface area contributed by atoms with E-state index < -0.39 is 48.8 Å². The molecule has 0 saturated heterocycles. The first-order valence-electron chi connectivity index (χ1n) is 23.8. The van der Waals surface area contributed by atoms with Crippen molar-refractivity contribution in [3.05, 3.63) is 107 Å². The van der Waals surface area contributed by atoms with Gasteiger partial charge >= 0.3 is 5.97 Å². The van der Waals surface area contributed by atoms with E-state index in [9.17, 15) is 34.8 Å². The Morgan fingerprint density at radius 2 is 1.41 bits per heavy atom. The number of aliphatic hydroxyl groups is 4. The molecule has 1 aliphatic carbocycles. The third-order valence-electron chi connectivity index (χ3n) is 12.4. The maximum Gasteiger partial charge on any atom is 0.328 e. The summed E-state index contributed by atoms with van der Waals surface area (Å²) in [5, 5.41) is 46.0. The highest BCUT2D eigenvalue weighted by atomic mass is 16.5. The molecule has 1 fully saturated rings. The lowest BCUT2D eigenvalue weighted by molar-refractivity contribution is -0.145. The minimum atomic E-state index is -1.34. The first-order valence-corrected chi connectivity index (χ1v) is 23.8. The van der Waals surface area contributed by atoms with Gasteiger partial charge in [-0.25, -0.2) is 14.8 Å². The zero-order chi connectivity index (χ0) is 49.0. The quantitative estimate of drug-likeness (QED) is 0.0170. The van der Waals surface area contributed by atoms with Crippen LogP contribution < -0.4 is 27.8 Å². The van der Waals surface area contributed by atoms with Crippen molar-refractivity contribution in [3.8, 4) is 11.1 Å². The largest absolute Gasteiger partial charge is 0.467 e. The van der Waals surface area contributed by atoms with E-state index in [0.717, 1.165) is 61.6 Å². The number of rotatable bonds is 28. The van der Waals surface area contributed by atoms with Gasteiger partial charge in [0.05, 0.1) is 31.6 Å². The fourth-order valence-electron chi connectivity index (χ4n) is 8.04. The topological polar surface area (TPSA) is 285 Å². The van der Waals surface area contributed by atoms with Gasteiger partial charge < -0.3 is 52.6 Å². The number of nitrogens with one attached hydrogen (secondary N) is 2. The monoisotopic (exact) mass is 938 g/mol. The van der Waals surface area contributed by atoms with E-state index in [0.29, 0.717) is 51.0 Å². The molecule has 368 valence electrons. The Morgan fingerprint density at radius 3 is 2.04 bits per heavy atom. The second-order valence-corrected chi connectivity index (χ2v) is 17.8. The summed E-state index contributed by atoms with van der Waals surface area (Å²) in [5.41, 5.74) is 23.9. The van der Waals surface area contributed by atoms with Gasteiger partial charge in [-0.2, -0.15) is 0 Å². The van der Waals surface area contributed by atoms with Crippen molar-refractivity contribution in [2.45, 2.75) is 114 Å². The molecule has 68 heavy (non-hydrogen) atoms. The summed E-state index contributed by atoms with van der Waals surface area (Å²) >= 11 is 0. The summed E-state index contributed by atoms with van der Waals surface area (Å²) < 4.78 is 5.03. The van der Waals surface area contributed by atoms with Crippen LogP contribution >= 0.6 is 0 Å². The number of aliphatic imine (C=N–C) groups is 1. The van der Waals surface area contributed by atoms with Gasteiger partial charge in [0.25, 0.3) is 5.91 Å². The number of amides is 2. The lowest BCUT2D eigenvalue weighted by Crippen LogP contribution is -2.45. The third kappa shape index (κ3) is 17.0. The Hall–Kier alpha value is -5.98. The molecule has 0 bridgehead atoms. The molecule has 0 radical (unpaired) electrons. The summed E-state index contributed by atoms with van der Waals surface area (Å²) in [6.07, 6.45) is 4.93. The van der Waals surface area contributed by atoms with Gasteiger partial charge in [0.1, 0.15) is 18.0 Å². The maximum atomic E-state index is 13.1. The third-order valence-corrected chi connectivity index (χ3v) is 12.4. The predicted octanol–water partition coefficient (Wildman–Crippen LogP) is 3.66. The number of aryl methyl sites for hydroxylation is 3. The average molecular weight is 938 g/mol. The highest BCUT2D eigenvalue weighted by Crippen LogP contribution is 2.41. The Labute approximate surface area is 399 Å². The summed E-state index contributed by atoms with van der Waals surface area (Å²) in [5.74, 6) is -1.60. The fourth-order valence-corrected chi connectivity index (χ4v) is 8.04. The van der Waals surface area contributed by atoms with Crippen LogP contribution in [0.5, 0.6) is 0 Å². The van der Waals surface area contributed by atoms with Crippen LogP contribution in [0.3, 0.4) is 0 Å². The number of nitrogens with two attached hydrogens (primary N) is 3. The molecule has 17 nitrogen and oxygen atoms in total. The van der Waals surface area contributed by atoms with Crippen molar-refractivity contribution in [3.63, 3.8) is 0 Å².